The third kappa shape index (κ3) is 3.68. The van der Waals surface area contributed by atoms with E-state index in [2.05, 4.69) is 34.6 Å². The van der Waals surface area contributed by atoms with Crippen molar-refractivity contribution in [3.63, 3.8) is 0 Å². The Labute approximate surface area is 124 Å². The number of nitrogens with zero attached hydrogens (tertiary/aromatic N) is 4. The zero-order valence-corrected chi connectivity index (χ0v) is 13.9. The summed E-state index contributed by atoms with van der Waals surface area (Å²) in [6.07, 6.45) is 1.66. The number of methoxy groups -OCH3 is 1. The van der Waals surface area contributed by atoms with Crippen LogP contribution in [0.4, 0.5) is 0 Å². The van der Waals surface area contributed by atoms with Gasteiger partial charge in [-0.1, -0.05) is 19.6 Å². The molecule has 6 nitrogen and oxygen atoms in total. The Morgan fingerprint density at radius 2 is 2.05 bits per heavy atom. The van der Waals surface area contributed by atoms with Crippen molar-refractivity contribution in [3.05, 3.63) is 11.6 Å². The molecular weight excluding hydrogens is 296 g/mol. The molecule has 0 radical (unpaired) electrons. The summed E-state index contributed by atoms with van der Waals surface area (Å²) in [6.45, 7) is 8.11. The van der Waals surface area contributed by atoms with Crippen molar-refractivity contribution in [2.75, 3.05) is 13.7 Å². The van der Waals surface area contributed by atoms with E-state index >= 15 is 0 Å². The molecule has 2 aromatic rings. The second kappa shape index (κ2) is 6.07. The average Bonchev–Trinajstić information content (AvgIpc) is 2.75. The Hall–Kier alpha value is -1.18. The van der Waals surface area contributed by atoms with Crippen LogP contribution in [0.2, 0.25) is 31.0 Å². The lowest BCUT2D eigenvalue weighted by Gasteiger charge is -2.15. The third-order valence-electron chi connectivity index (χ3n) is 2.83. The van der Waals surface area contributed by atoms with Crippen LogP contribution in [0.3, 0.4) is 0 Å². The molecule has 2 aromatic heterocycles. The van der Waals surface area contributed by atoms with Crippen LogP contribution < -0.4 is 4.74 Å². The van der Waals surface area contributed by atoms with Crippen LogP contribution in [0, 0.1) is 0 Å². The van der Waals surface area contributed by atoms with Gasteiger partial charge in [-0.05, 0) is 17.6 Å². The molecule has 20 heavy (non-hydrogen) atoms. The quantitative estimate of drug-likeness (QED) is 0.466. The summed E-state index contributed by atoms with van der Waals surface area (Å²) in [4.78, 5) is 12.3. The number of rotatable bonds is 6. The average molecular weight is 315 g/mol. The molecule has 0 aliphatic carbocycles. The van der Waals surface area contributed by atoms with Gasteiger partial charge in [-0.15, -0.1) is 0 Å². The van der Waals surface area contributed by atoms with E-state index in [1.165, 1.54) is 0 Å². The van der Waals surface area contributed by atoms with E-state index in [4.69, 9.17) is 21.1 Å². The maximum Gasteiger partial charge on any atom is 0.244 e. The molecule has 0 N–H and O–H groups in total. The Bertz CT molecular complexity index is 597. The van der Waals surface area contributed by atoms with Gasteiger partial charge in [0.2, 0.25) is 11.2 Å². The summed E-state index contributed by atoms with van der Waals surface area (Å²) in [5, 5.41) is 0.124. The van der Waals surface area contributed by atoms with Gasteiger partial charge in [-0.2, -0.15) is 9.97 Å². The van der Waals surface area contributed by atoms with Gasteiger partial charge in [-0.3, -0.25) is 0 Å². The van der Waals surface area contributed by atoms with Crippen molar-refractivity contribution in [1.29, 1.82) is 0 Å². The lowest BCUT2D eigenvalue weighted by molar-refractivity contribution is 0.0895. The van der Waals surface area contributed by atoms with Gasteiger partial charge >= 0.3 is 0 Å². The predicted molar refractivity (Wildman–Crippen MR) is 81.0 cm³/mol. The molecule has 0 aliphatic rings. The summed E-state index contributed by atoms with van der Waals surface area (Å²) in [7, 11) is 0.468. The fraction of sp³-hybridized carbons (Fsp3) is 0.583. The molecule has 2 heterocycles. The molecule has 2 rings (SSSR count). The molecule has 0 aliphatic heterocycles. The molecular formula is C12H19ClN4O2Si. The maximum absolute atomic E-state index is 5.81. The normalized spacial score (nSPS) is 12.1. The number of hydrogen-bond donors (Lipinski definition) is 0. The summed E-state index contributed by atoms with van der Waals surface area (Å²) < 4.78 is 12.8. The molecule has 0 fully saturated rings. The number of hydrogen-bond acceptors (Lipinski definition) is 5. The minimum Gasteiger partial charge on any atom is -0.479 e. The molecule has 0 spiro atoms. The molecule has 0 saturated heterocycles. The number of ether oxygens (including phenoxy) is 2. The van der Waals surface area contributed by atoms with Crippen molar-refractivity contribution < 1.29 is 9.47 Å². The highest BCUT2D eigenvalue weighted by Crippen LogP contribution is 2.23. The van der Waals surface area contributed by atoms with Crippen LogP contribution in [0.15, 0.2) is 6.33 Å². The lowest BCUT2D eigenvalue weighted by Crippen LogP contribution is -2.22. The number of aromatic nitrogens is 4. The zero-order chi connectivity index (χ0) is 14.8. The Morgan fingerprint density at radius 1 is 1.30 bits per heavy atom. The molecule has 0 saturated carbocycles. The first-order valence-electron chi connectivity index (χ1n) is 6.41. The first-order chi connectivity index (χ1) is 9.40. The number of fused-ring (bicyclic) bond motifs is 1. The molecule has 0 aromatic carbocycles. The summed E-state index contributed by atoms with van der Waals surface area (Å²) in [5.41, 5.74) is 1.21. The minimum atomic E-state index is -1.07. The van der Waals surface area contributed by atoms with Gasteiger partial charge in [0.1, 0.15) is 6.73 Å². The maximum atomic E-state index is 5.81. The van der Waals surface area contributed by atoms with Crippen LogP contribution in [-0.2, 0) is 11.5 Å². The Balaban J connectivity index is 2.11. The minimum absolute atomic E-state index is 0.124. The van der Waals surface area contributed by atoms with Crippen molar-refractivity contribution in [1.82, 2.24) is 19.5 Å². The van der Waals surface area contributed by atoms with E-state index in [0.717, 1.165) is 12.7 Å². The number of imidazole rings is 1. The van der Waals surface area contributed by atoms with Gasteiger partial charge in [0.25, 0.3) is 0 Å². The highest BCUT2D eigenvalue weighted by Gasteiger charge is 2.15. The van der Waals surface area contributed by atoms with Gasteiger partial charge < -0.3 is 14.0 Å². The predicted octanol–water partition coefficient (Wildman–Crippen LogP) is 2.80. The molecule has 0 bridgehead atoms. The SMILES string of the molecule is COc1nc(Cl)nc2ncn(COCC[Si](C)(C)C)c12. The molecule has 0 amide bonds. The summed E-state index contributed by atoms with van der Waals surface area (Å²) in [6, 6.07) is 1.12. The standard InChI is InChI=1S/C12H19ClN4O2Si/c1-18-11-9-10(15-12(13)16-11)14-7-17(9)8-19-5-6-20(2,3)4/h7H,5-6,8H2,1-4H3. The first-order valence-corrected chi connectivity index (χ1v) is 10.5. The zero-order valence-electron chi connectivity index (χ0n) is 12.2. The van der Waals surface area contributed by atoms with Crippen molar-refractivity contribution in [2.45, 2.75) is 32.4 Å². The summed E-state index contributed by atoms with van der Waals surface area (Å²) in [5.74, 6) is 0.409. The summed E-state index contributed by atoms with van der Waals surface area (Å²) >= 11 is 5.81. The lowest BCUT2D eigenvalue weighted by atomic mass is 10.5. The van der Waals surface area contributed by atoms with Gasteiger partial charge in [-0.25, -0.2) is 4.98 Å². The smallest absolute Gasteiger partial charge is 0.244 e. The van der Waals surface area contributed by atoms with E-state index in [0.29, 0.717) is 23.8 Å². The van der Waals surface area contributed by atoms with Crippen LogP contribution in [0.25, 0.3) is 11.2 Å². The van der Waals surface area contributed by atoms with Crippen LogP contribution in [-0.4, -0.2) is 41.3 Å². The van der Waals surface area contributed by atoms with Crippen molar-refractivity contribution >= 4 is 30.8 Å². The van der Waals surface area contributed by atoms with E-state index in [9.17, 15) is 0 Å². The Morgan fingerprint density at radius 3 is 2.70 bits per heavy atom. The first kappa shape index (κ1) is 15.2. The largest absolute Gasteiger partial charge is 0.479 e. The van der Waals surface area contributed by atoms with Crippen LogP contribution in [0.5, 0.6) is 5.88 Å². The second-order valence-corrected chi connectivity index (χ2v) is 11.7. The number of halogens is 1. The highest BCUT2D eigenvalue weighted by molar-refractivity contribution is 6.76. The van der Waals surface area contributed by atoms with E-state index in [1.54, 1.807) is 13.4 Å². The van der Waals surface area contributed by atoms with Gasteiger partial charge in [0, 0.05) is 14.7 Å². The van der Waals surface area contributed by atoms with Crippen LogP contribution >= 0.6 is 11.6 Å². The molecule has 0 unspecified atom stereocenters. The Kier molecular flexibility index (Phi) is 4.61. The highest BCUT2D eigenvalue weighted by atomic mass is 35.5. The fourth-order valence-electron chi connectivity index (χ4n) is 1.70. The van der Waals surface area contributed by atoms with E-state index < -0.39 is 8.07 Å². The van der Waals surface area contributed by atoms with E-state index in [1.807, 2.05) is 4.57 Å². The second-order valence-electron chi connectivity index (χ2n) is 5.74. The molecule has 110 valence electrons. The molecule has 8 heteroatoms. The third-order valence-corrected chi connectivity index (χ3v) is 4.71. The fourth-order valence-corrected chi connectivity index (χ4v) is 2.62. The molecule has 0 atom stereocenters. The monoisotopic (exact) mass is 314 g/mol. The topological polar surface area (TPSA) is 62.1 Å². The van der Waals surface area contributed by atoms with Crippen molar-refractivity contribution in [2.24, 2.45) is 0 Å². The van der Waals surface area contributed by atoms with Gasteiger partial charge in [0.05, 0.1) is 13.4 Å². The van der Waals surface area contributed by atoms with E-state index in [-0.39, 0.29) is 5.28 Å². The van der Waals surface area contributed by atoms with Crippen LogP contribution in [0.1, 0.15) is 0 Å². The van der Waals surface area contributed by atoms with Crippen molar-refractivity contribution in [3.8, 4) is 5.88 Å². The van der Waals surface area contributed by atoms with Gasteiger partial charge in [0.15, 0.2) is 11.2 Å².